The van der Waals surface area contributed by atoms with Gasteiger partial charge in [-0.05, 0) is 0 Å². The van der Waals surface area contributed by atoms with Gasteiger partial charge in [0.2, 0.25) is 0 Å². The van der Waals surface area contributed by atoms with Gasteiger partial charge in [-0.3, -0.25) is 10.1 Å². The minimum absolute atomic E-state index is 0.00783. The largest absolute Gasteiger partial charge is 0.493 e. The highest BCUT2D eigenvalue weighted by Crippen LogP contribution is 2.38. The number of hydrogen-bond acceptors (Lipinski definition) is 4. The van der Waals surface area contributed by atoms with Crippen molar-refractivity contribution in [3.8, 4) is 23.8 Å². The molecule has 0 aliphatic carbocycles. The van der Waals surface area contributed by atoms with Crippen LogP contribution in [-0.4, -0.2) is 18.6 Å². The minimum atomic E-state index is -0.570. The van der Waals surface area contributed by atoms with Crippen LogP contribution < -0.4 is 9.47 Å². The van der Waals surface area contributed by atoms with Crippen LogP contribution in [0.3, 0.4) is 0 Å². The van der Waals surface area contributed by atoms with E-state index < -0.39 is 4.92 Å². The van der Waals surface area contributed by atoms with Crippen LogP contribution in [0.4, 0.5) is 5.69 Å². The number of methoxy groups -OCH3 is 1. The number of nitrogens with zero attached hydrogens (tertiary/aromatic N) is 1. The molecule has 0 amide bonds. The van der Waals surface area contributed by atoms with E-state index in [0.717, 1.165) is 0 Å². The maximum atomic E-state index is 10.6. The lowest BCUT2D eigenvalue weighted by Gasteiger charge is -2.09. The van der Waals surface area contributed by atoms with Crippen molar-refractivity contribution in [3.63, 3.8) is 0 Å². The Morgan fingerprint density at radius 2 is 2.31 bits per heavy atom. The third kappa shape index (κ3) is 2.55. The highest BCUT2D eigenvalue weighted by molar-refractivity contribution is 6.32. The second-order valence-corrected chi connectivity index (χ2v) is 3.12. The van der Waals surface area contributed by atoms with Gasteiger partial charge in [-0.1, -0.05) is 17.5 Å². The average Bonchev–Trinajstić information content (AvgIpc) is 2.26. The zero-order valence-corrected chi connectivity index (χ0v) is 9.15. The molecule has 0 atom stereocenters. The average molecular weight is 242 g/mol. The van der Waals surface area contributed by atoms with Crippen molar-refractivity contribution in [2.24, 2.45) is 0 Å². The normalized spacial score (nSPS) is 9.31. The molecule has 0 aromatic heterocycles. The van der Waals surface area contributed by atoms with Crippen LogP contribution in [-0.2, 0) is 0 Å². The van der Waals surface area contributed by atoms with E-state index in [9.17, 15) is 10.1 Å². The van der Waals surface area contributed by atoms with Crippen LogP contribution in [0.25, 0.3) is 0 Å². The summed E-state index contributed by atoms with van der Waals surface area (Å²) in [6, 6.07) is 2.40. The van der Waals surface area contributed by atoms with Crippen LogP contribution in [0.5, 0.6) is 11.5 Å². The maximum Gasteiger partial charge on any atom is 0.274 e. The molecule has 0 saturated heterocycles. The standard InChI is InChI=1S/C10H8ClNO4/c1-3-4-16-10-8(11)5-7(12(13)14)6-9(10)15-2/h1,5-6H,4H2,2H3. The number of benzene rings is 1. The molecule has 0 radical (unpaired) electrons. The highest BCUT2D eigenvalue weighted by Gasteiger charge is 2.17. The number of rotatable bonds is 4. The monoisotopic (exact) mass is 241 g/mol. The lowest BCUT2D eigenvalue weighted by Crippen LogP contribution is -1.99. The fraction of sp³-hybridized carbons (Fsp3) is 0.200. The molecule has 6 heteroatoms. The SMILES string of the molecule is C#CCOc1c(Cl)cc([N+](=O)[O-])cc1OC. The summed E-state index contributed by atoms with van der Waals surface area (Å²) in [5.74, 6) is 2.64. The summed E-state index contributed by atoms with van der Waals surface area (Å²) in [5.41, 5.74) is -0.171. The molecule has 1 aromatic rings. The molecule has 0 aliphatic heterocycles. The van der Waals surface area contributed by atoms with Crippen molar-refractivity contribution in [1.82, 2.24) is 0 Å². The first-order valence-corrected chi connectivity index (χ1v) is 4.56. The van der Waals surface area contributed by atoms with Gasteiger partial charge in [-0.25, -0.2) is 0 Å². The molecule has 1 aromatic carbocycles. The van der Waals surface area contributed by atoms with E-state index in [2.05, 4.69) is 5.92 Å². The second-order valence-electron chi connectivity index (χ2n) is 2.71. The number of non-ortho nitro benzene ring substituents is 1. The Morgan fingerprint density at radius 3 is 2.81 bits per heavy atom. The number of halogens is 1. The van der Waals surface area contributed by atoms with E-state index in [-0.39, 0.29) is 28.8 Å². The molecule has 5 nitrogen and oxygen atoms in total. The van der Waals surface area contributed by atoms with Crippen molar-refractivity contribution in [2.45, 2.75) is 0 Å². The lowest BCUT2D eigenvalue weighted by molar-refractivity contribution is -0.384. The highest BCUT2D eigenvalue weighted by atomic mass is 35.5. The summed E-state index contributed by atoms with van der Waals surface area (Å²) in [5, 5.41) is 10.6. The Balaban J connectivity index is 3.18. The Kier molecular flexibility index (Phi) is 3.97. The summed E-state index contributed by atoms with van der Waals surface area (Å²) in [7, 11) is 1.36. The van der Waals surface area contributed by atoms with Crippen LogP contribution in [0.1, 0.15) is 0 Å². The molecule has 0 fully saturated rings. The molecule has 0 aliphatic rings. The zero-order chi connectivity index (χ0) is 12.1. The predicted octanol–water partition coefficient (Wildman–Crippen LogP) is 2.27. The summed E-state index contributed by atoms with van der Waals surface area (Å²) in [6.45, 7) is 0.00783. The molecule has 84 valence electrons. The molecule has 1 rings (SSSR count). The number of terminal acetylenes is 1. The fourth-order valence-electron chi connectivity index (χ4n) is 1.07. The van der Waals surface area contributed by atoms with E-state index in [0.29, 0.717) is 0 Å². The van der Waals surface area contributed by atoms with E-state index in [4.69, 9.17) is 27.5 Å². The van der Waals surface area contributed by atoms with Gasteiger partial charge in [0.05, 0.1) is 23.1 Å². The van der Waals surface area contributed by atoms with Gasteiger partial charge in [0.15, 0.2) is 11.5 Å². The number of nitro benzene ring substituents is 1. The topological polar surface area (TPSA) is 61.6 Å². The van der Waals surface area contributed by atoms with Gasteiger partial charge in [-0.15, -0.1) is 6.42 Å². The molecule has 0 bridgehead atoms. The first-order chi connectivity index (χ1) is 7.60. The predicted molar refractivity (Wildman–Crippen MR) is 59.0 cm³/mol. The molecule has 0 spiro atoms. The smallest absolute Gasteiger partial charge is 0.274 e. The van der Waals surface area contributed by atoms with E-state index in [1.54, 1.807) is 0 Å². The summed E-state index contributed by atoms with van der Waals surface area (Å²) in [6.07, 6.45) is 5.03. The van der Waals surface area contributed by atoms with Crippen molar-refractivity contribution >= 4 is 17.3 Å². The van der Waals surface area contributed by atoms with Gasteiger partial charge in [0, 0.05) is 6.07 Å². The van der Waals surface area contributed by atoms with Crippen molar-refractivity contribution in [2.75, 3.05) is 13.7 Å². The van der Waals surface area contributed by atoms with Crippen LogP contribution in [0.15, 0.2) is 12.1 Å². The van der Waals surface area contributed by atoms with Gasteiger partial charge < -0.3 is 9.47 Å². The maximum absolute atomic E-state index is 10.6. The number of ether oxygens (including phenoxy) is 2. The summed E-state index contributed by atoms with van der Waals surface area (Å²) in [4.78, 5) is 9.99. The molecular formula is C10H8ClNO4. The van der Waals surface area contributed by atoms with Crippen molar-refractivity contribution in [1.29, 1.82) is 0 Å². The van der Waals surface area contributed by atoms with Gasteiger partial charge >= 0.3 is 0 Å². The molecule has 0 unspecified atom stereocenters. The van der Waals surface area contributed by atoms with Gasteiger partial charge in [0.25, 0.3) is 5.69 Å². The lowest BCUT2D eigenvalue weighted by atomic mass is 10.3. The third-order valence-electron chi connectivity index (χ3n) is 1.72. The van der Waals surface area contributed by atoms with Gasteiger partial charge in [0.1, 0.15) is 6.61 Å². The van der Waals surface area contributed by atoms with Crippen LogP contribution in [0.2, 0.25) is 5.02 Å². The van der Waals surface area contributed by atoms with Crippen LogP contribution in [0, 0.1) is 22.5 Å². The van der Waals surface area contributed by atoms with E-state index >= 15 is 0 Å². The minimum Gasteiger partial charge on any atom is -0.493 e. The molecule has 0 N–H and O–H groups in total. The van der Waals surface area contributed by atoms with Crippen LogP contribution >= 0.6 is 11.6 Å². The molecule has 0 saturated carbocycles. The molecular weight excluding hydrogens is 234 g/mol. The van der Waals surface area contributed by atoms with Gasteiger partial charge in [-0.2, -0.15) is 0 Å². The Hall–Kier alpha value is -1.93. The van der Waals surface area contributed by atoms with Crippen molar-refractivity contribution < 1.29 is 14.4 Å². The first-order valence-electron chi connectivity index (χ1n) is 4.18. The van der Waals surface area contributed by atoms with E-state index in [1.807, 2.05) is 0 Å². The third-order valence-corrected chi connectivity index (χ3v) is 2.01. The molecule has 16 heavy (non-hydrogen) atoms. The van der Waals surface area contributed by atoms with Crippen molar-refractivity contribution in [3.05, 3.63) is 27.3 Å². The molecule has 0 heterocycles. The first kappa shape index (κ1) is 12.1. The quantitative estimate of drug-likeness (QED) is 0.461. The summed E-state index contributed by atoms with van der Waals surface area (Å²) >= 11 is 5.82. The fourth-order valence-corrected chi connectivity index (χ4v) is 1.33. The number of nitro groups is 1. The summed E-state index contributed by atoms with van der Waals surface area (Å²) < 4.78 is 10.1. The number of hydrogen-bond donors (Lipinski definition) is 0. The Labute approximate surface area is 97.1 Å². The Bertz CT molecular complexity index is 453. The van der Waals surface area contributed by atoms with E-state index in [1.165, 1.54) is 19.2 Å². The second kappa shape index (κ2) is 5.24. The Morgan fingerprint density at radius 1 is 1.62 bits per heavy atom. The zero-order valence-electron chi connectivity index (χ0n) is 8.40.